The molecule has 241 valence electrons. The normalized spacial score (nSPS) is 11.9. The minimum atomic E-state index is 0. The maximum atomic E-state index is 11.7. The quantitative estimate of drug-likeness (QED) is 0.0898. The number of rotatable bonds is 9. The molecule has 0 aliphatic rings. The van der Waals surface area contributed by atoms with Gasteiger partial charge in [0, 0.05) is 59.7 Å². The van der Waals surface area contributed by atoms with Gasteiger partial charge in [-0.15, -0.1) is 40.5 Å². The van der Waals surface area contributed by atoms with Crippen molar-refractivity contribution in [3.63, 3.8) is 0 Å². The van der Waals surface area contributed by atoms with Crippen molar-refractivity contribution in [3.05, 3.63) is 96.5 Å². The van der Waals surface area contributed by atoms with Crippen molar-refractivity contribution < 1.29 is 30.0 Å². The van der Waals surface area contributed by atoms with Gasteiger partial charge in [0.2, 0.25) is 0 Å². The van der Waals surface area contributed by atoms with Crippen LogP contribution in [-0.2, 0) is 24.9 Å². The number of hydrogen-bond acceptors (Lipinski definition) is 5. The third-order valence-electron chi connectivity index (χ3n) is 8.77. The molecule has 2 heterocycles. The van der Waals surface area contributed by atoms with E-state index in [1.807, 2.05) is 27.7 Å². The number of aromatic nitrogens is 2. The molecule has 6 heteroatoms. The van der Waals surface area contributed by atoms with E-state index < -0.39 is 0 Å². The number of aliphatic hydroxyl groups is 1. The summed E-state index contributed by atoms with van der Waals surface area (Å²) in [6, 6.07) is 29.2. The Morgan fingerprint density at radius 3 is 2.11 bits per heavy atom. The van der Waals surface area contributed by atoms with E-state index in [0.29, 0.717) is 0 Å². The Labute approximate surface area is 290 Å². The summed E-state index contributed by atoms with van der Waals surface area (Å²) in [4.78, 5) is 22.8. The first kappa shape index (κ1) is 35.4. The maximum absolute atomic E-state index is 11.7. The molecule has 1 N–H and O–H groups in total. The number of aliphatic hydroxyl groups excluding tert-OH is 1. The Morgan fingerprint density at radius 1 is 0.826 bits per heavy atom. The van der Waals surface area contributed by atoms with Gasteiger partial charge in [-0.1, -0.05) is 108 Å². The predicted molar refractivity (Wildman–Crippen MR) is 192 cm³/mol. The van der Waals surface area contributed by atoms with E-state index in [0.717, 1.165) is 53.0 Å². The van der Waals surface area contributed by atoms with Crippen molar-refractivity contribution in [2.45, 2.75) is 73.1 Å². The van der Waals surface area contributed by atoms with Crippen LogP contribution in [0.1, 0.15) is 79.0 Å². The second-order valence-corrected chi connectivity index (χ2v) is 13.0. The summed E-state index contributed by atoms with van der Waals surface area (Å²) in [5, 5.41) is 17.0. The minimum Gasteiger partial charge on any atom is -0.512 e. The van der Waals surface area contributed by atoms with Crippen LogP contribution in [-0.4, -0.2) is 20.9 Å². The van der Waals surface area contributed by atoms with Gasteiger partial charge < -0.3 is 5.11 Å². The van der Waals surface area contributed by atoms with Gasteiger partial charge in [-0.25, -0.2) is 4.98 Å². The number of ketones is 1. The Morgan fingerprint density at radius 2 is 1.46 bits per heavy atom. The molecule has 6 aromatic rings. The largest absolute Gasteiger partial charge is 0.512 e. The predicted octanol–water partition coefficient (Wildman–Crippen LogP) is 11.6. The van der Waals surface area contributed by atoms with E-state index in [1.165, 1.54) is 37.7 Å². The zero-order valence-corrected chi connectivity index (χ0v) is 30.8. The van der Waals surface area contributed by atoms with Crippen LogP contribution in [0.5, 0.6) is 0 Å². The third kappa shape index (κ3) is 7.41. The van der Waals surface area contributed by atoms with Gasteiger partial charge in [0.05, 0.1) is 5.76 Å². The number of allylic oxidation sites excluding steroid dienone is 2. The average Bonchev–Trinajstić information content (AvgIpc) is 3.45. The molecule has 0 atom stereocenters. The maximum Gasteiger partial charge on any atom is 0.162 e. The van der Waals surface area contributed by atoms with Crippen LogP contribution in [0.15, 0.2) is 84.6 Å². The van der Waals surface area contributed by atoms with Gasteiger partial charge in [0.15, 0.2) is 5.78 Å². The van der Waals surface area contributed by atoms with Gasteiger partial charge in [-0.05, 0) is 41.8 Å². The van der Waals surface area contributed by atoms with Crippen molar-refractivity contribution in [2.75, 3.05) is 0 Å². The molecular formula is C40H43IrN2O2S-. The van der Waals surface area contributed by atoms with Crippen molar-refractivity contribution in [1.29, 1.82) is 0 Å². The molecule has 0 spiro atoms. The van der Waals surface area contributed by atoms with Crippen LogP contribution in [0.25, 0.3) is 53.1 Å². The van der Waals surface area contributed by atoms with Crippen molar-refractivity contribution in [3.8, 4) is 11.3 Å². The zero-order valence-electron chi connectivity index (χ0n) is 27.6. The molecule has 4 nitrogen and oxygen atoms in total. The molecule has 4 aromatic carbocycles. The Kier molecular flexibility index (Phi) is 12.2. The van der Waals surface area contributed by atoms with E-state index in [9.17, 15) is 9.90 Å². The molecule has 0 saturated carbocycles. The molecule has 6 rings (SSSR count). The fourth-order valence-electron chi connectivity index (χ4n) is 5.92. The first-order valence-corrected chi connectivity index (χ1v) is 17.1. The standard InChI is InChI=1S/C27H19N2S.C13H24O2.Ir/c1-16(2)26-28-24(20-12-11-17-7-3-4-9-19(17)15-20)23-22-14-13-18-8-5-6-10-21(18)25(22)30-27(23)29-26;1-5-10(6-2)12(14)9-13(15)11(7-3)8-4;/h3-11,13-16H,1-2H3;9-11,14H,5-8H2,1-4H3;/q-1;;/b;12-9-;. The summed E-state index contributed by atoms with van der Waals surface area (Å²) >= 11 is 1.77. The summed E-state index contributed by atoms with van der Waals surface area (Å²) < 4.78 is 1.28. The summed E-state index contributed by atoms with van der Waals surface area (Å²) in [5.41, 5.74) is 2.01. The van der Waals surface area contributed by atoms with Crippen LogP contribution in [0.4, 0.5) is 0 Å². The molecule has 2 aromatic heterocycles. The van der Waals surface area contributed by atoms with E-state index in [4.69, 9.17) is 9.97 Å². The van der Waals surface area contributed by atoms with Gasteiger partial charge in [0.25, 0.3) is 0 Å². The third-order valence-corrected chi connectivity index (χ3v) is 9.91. The number of nitrogens with zero attached hydrogens (tertiary/aromatic N) is 2. The number of benzene rings is 4. The second kappa shape index (κ2) is 15.9. The van der Waals surface area contributed by atoms with Gasteiger partial charge >= 0.3 is 0 Å². The monoisotopic (exact) mass is 808 g/mol. The number of fused-ring (bicyclic) bond motifs is 6. The number of carbonyl (C=O) groups excluding carboxylic acids is 1. The fraction of sp³-hybridized carbons (Fsp3) is 0.325. The van der Waals surface area contributed by atoms with Crippen molar-refractivity contribution in [1.82, 2.24) is 9.97 Å². The molecule has 0 unspecified atom stereocenters. The smallest absolute Gasteiger partial charge is 0.162 e. The van der Waals surface area contributed by atoms with E-state index in [2.05, 4.69) is 92.7 Å². The Balaban J connectivity index is 0.000000259. The van der Waals surface area contributed by atoms with Gasteiger partial charge in [-0.3, -0.25) is 9.78 Å². The van der Waals surface area contributed by atoms with Crippen molar-refractivity contribution >= 4 is 59.0 Å². The second-order valence-electron chi connectivity index (χ2n) is 12.0. The van der Waals surface area contributed by atoms with Crippen LogP contribution >= 0.6 is 11.3 Å². The molecule has 0 saturated heterocycles. The SMILES string of the molecule is CC(C)c1nc(-c2[c-]cc3ccccc3c2)c2c(n1)sc1c3ccccc3ccc12.CCC(CC)C(=O)/C=C(\O)C(CC)CC.[Ir]. The Bertz CT molecular complexity index is 1990. The zero-order chi connectivity index (χ0) is 32.1. The molecule has 0 aliphatic heterocycles. The number of hydrogen-bond donors (Lipinski definition) is 1. The van der Waals surface area contributed by atoms with E-state index >= 15 is 0 Å². The topological polar surface area (TPSA) is 63.1 Å². The molecule has 0 bridgehead atoms. The van der Waals surface area contributed by atoms with Crippen LogP contribution in [0.2, 0.25) is 0 Å². The van der Waals surface area contributed by atoms with Crippen LogP contribution < -0.4 is 0 Å². The average molecular weight is 808 g/mol. The molecule has 0 amide bonds. The minimum absolute atomic E-state index is 0. The fourth-order valence-corrected chi connectivity index (χ4v) is 7.13. The summed E-state index contributed by atoms with van der Waals surface area (Å²) in [5.74, 6) is 1.69. The summed E-state index contributed by atoms with van der Waals surface area (Å²) in [7, 11) is 0. The van der Waals surface area contributed by atoms with E-state index in [1.54, 1.807) is 11.3 Å². The number of carbonyl (C=O) groups is 1. The van der Waals surface area contributed by atoms with Crippen molar-refractivity contribution in [2.24, 2.45) is 11.8 Å². The Hall–Kier alpha value is -3.44. The molecule has 0 aliphatic carbocycles. The molecule has 46 heavy (non-hydrogen) atoms. The van der Waals surface area contributed by atoms with Crippen LogP contribution in [0.3, 0.4) is 0 Å². The molecular weight excluding hydrogens is 765 g/mol. The van der Waals surface area contributed by atoms with Gasteiger partial charge in [0.1, 0.15) is 10.7 Å². The number of thiophene rings is 1. The first-order chi connectivity index (χ1) is 21.8. The summed E-state index contributed by atoms with van der Waals surface area (Å²) in [6.07, 6.45) is 4.91. The molecule has 0 fully saturated rings. The van der Waals surface area contributed by atoms with Crippen LogP contribution in [0, 0.1) is 17.9 Å². The van der Waals surface area contributed by atoms with Gasteiger partial charge in [-0.2, -0.15) is 0 Å². The van der Waals surface area contributed by atoms with E-state index in [-0.39, 0.29) is 49.4 Å². The summed E-state index contributed by atoms with van der Waals surface area (Å²) in [6.45, 7) is 12.4. The first-order valence-electron chi connectivity index (χ1n) is 16.3. The molecule has 1 radical (unpaired) electrons.